The molecule has 0 fully saturated rings. The molecule has 1 unspecified atom stereocenters. The van der Waals surface area contributed by atoms with E-state index < -0.39 is 6.10 Å². The second kappa shape index (κ2) is 9.93. The van der Waals surface area contributed by atoms with E-state index in [0.717, 1.165) is 28.8 Å². The van der Waals surface area contributed by atoms with Crippen LogP contribution in [0.1, 0.15) is 5.56 Å². The van der Waals surface area contributed by atoms with Crippen LogP contribution in [0, 0.1) is 0 Å². The largest absolute Gasteiger partial charge is 0.490 e. The van der Waals surface area contributed by atoms with Crippen LogP contribution >= 0.6 is 0 Å². The lowest BCUT2D eigenvalue weighted by atomic mass is 10.1. The molecule has 0 aliphatic heterocycles. The predicted molar refractivity (Wildman–Crippen MR) is 113 cm³/mol. The lowest BCUT2D eigenvalue weighted by Gasteiger charge is -2.19. The van der Waals surface area contributed by atoms with Crippen LogP contribution in [0.2, 0.25) is 0 Å². The zero-order valence-corrected chi connectivity index (χ0v) is 16.3. The van der Waals surface area contributed by atoms with Crippen LogP contribution in [0.3, 0.4) is 0 Å². The van der Waals surface area contributed by atoms with Gasteiger partial charge in [-0.2, -0.15) is 0 Å². The third-order valence-corrected chi connectivity index (χ3v) is 4.56. The number of ether oxygens (including phenoxy) is 2. The second-order valence-corrected chi connectivity index (χ2v) is 7.02. The molecule has 4 nitrogen and oxygen atoms in total. The Bertz CT molecular complexity index is 887. The number of fused-ring (bicyclic) bond motifs is 1. The van der Waals surface area contributed by atoms with Gasteiger partial charge in [0, 0.05) is 10.9 Å². The van der Waals surface area contributed by atoms with E-state index in [9.17, 15) is 5.11 Å². The van der Waals surface area contributed by atoms with Gasteiger partial charge in [-0.05, 0) is 35.7 Å². The van der Waals surface area contributed by atoms with Gasteiger partial charge in [0.15, 0.2) is 0 Å². The molecule has 0 saturated carbocycles. The van der Waals surface area contributed by atoms with E-state index in [4.69, 9.17) is 9.47 Å². The number of aliphatic hydroxyl groups excluding tert-OH is 1. The van der Waals surface area contributed by atoms with Crippen molar-refractivity contribution < 1.29 is 19.5 Å². The summed E-state index contributed by atoms with van der Waals surface area (Å²) in [6.07, 6.45) is 1.20. The Morgan fingerprint density at radius 2 is 1.75 bits per heavy atom. The number of aliphatic hydroxyl groups is 1. The highest BCUT2D eigenvalue weighted by Crippen LogP contribution is 2.25. The van der Waals surface area contributed by atoms with Crippen molar-refractivity contribution in [1.82, 2.24) is 0 Å². The molecule has 3 aromatic carbocycles. The first kappa shape index (κ1) is 19.9. The zero-order chi connectivity index (χ0) is 19.8. The van der Waals surface area contributed by atoms with Crippen LogP contribution in [0.25, 0.3) is 10.8 Å². The molecule has 0 bridgehead atoms. The molecule has 3 aromatic rings. The van der Waals surface area contributed by atoms with E-state index >= 15 is 0 Å². The zero-order valence-electron chi connectivity index (χ0n) is 16.3. The number of benzene rings is 3. The average molecular weight is 378 g/mol. The Hall–Kier alpha value is -2.82. The summed E-state index contributed by atoms with van der Waals surface area (Å²) in [4.78, 5) is 1.22. The minimum Gasteiger partial charge on any atom is -0.490 e. The van der Waals surface area contributed by atoms with E-state index in [1.807, 2.05) is 42.5 Å². The molecule has 0 amide bonds. The van der Waals surface area contributed by atoms with Gasteiger partial charge in [-0.25, -0.2) is 0 Å². The highest BCUT2D eigenvalue weighted by Gasteiger charge is 2.13. The third kappa shape index (κ3) is 5.59. The maximum absolute atomic E-state index is 10.4. The first-order valence-corrected chi connectivity index (χ1v) is 9.58. The Labute approximate surface area is 166 Å². The van der Waals surface area contributed by atoms with Crippen molar-refractivity contribution in [1.29, 1.82) is 0 Å². The number of rotatable bonds is 10. The highest BCUT2D eigenvalue weighted by molar-refractivity contribution is 5.88. The van der Waals surface area contributed by atoms with Crippen LogP contribution in [0.5, 0.6) is 11.5 Å². The molecule has 0 aromatic heterocycles. The lowest BCUT2D eigenvalue weighted by Crippen LogP contribution is -3.09. The smallest absolute Gasteiger partial charge is 0.137 e. The SMILES string of the molecule is C=CCOc1ccc(C[NH+](C)C[C@H](O)COc2cccc3ccccc23)cc1. The van der Waals surface area contributed by atoms with Crippen molar-refractivity contribution in [2.45, 2.75) is 12.6 Å². The van der Waals surface area contributed by atoms with Crippen LogP contribution in [0.15, 0.2) is 79.4 Å². The van der Waals surface area contributed by atoms with Gasteiger partial charge in [-0.15, -0.1) is 0 Å². The molecule has 4 heteroatoms. The molecule has 0 aliphatic rings. The maximum Gasteiger partial charge on any atom is 0.137 e. The van der Waals surface area contributed by atoms with Gasteiger partial charge in [-0.1, -0.05) is 49.1 Å². The number of likely N-dealkylation sites (N-methyl/N-ethyl adjacent to an activating group) is 1. The van der Waals surface area contributed by atoms with Crippen LogP contribution in [-0.2, 0) is 6.54 Å². The Morgan fingerprint density at radius 1 is 1.00 bits per heavy atom. The van der Waals surface area contributed by atoms with Crippen molar-refractivity contribution in [2.75, 3.05) is 26.8 Å². The summed E-state index contributed by atoms with van der Waals surface area (Å²) in [5.41, 5.74) is 1.20. The van der Waals surface area contributed by atoms with E-state index in [-0.39, 0.29) is 6.61 Å². The molecule has 0 heterocycles. The van der Waals surface area contributed by atoms with E-state index in [0.29, 0.717) is 13.2 Å². The van der Waals surface area contributed by atoms with Crippen LogP contribution in [0.4, 0.5) is 0 Å². The summed E-state index contributed by atoms with van der Waals surface area (Å²) in [6.45, 7) is 5.87. The second-order valence-electron chi connectivity index (χ2n) is 7.02. The van der Waals surface area contributed by atoms with Crippen LogP contribution < -0.4 is 14.4 Å². The van der Waals surface area contributed by atoms with Gasteiger partial charge >= 0.3 is 0 Å². The van der Waals surface area contributed by atoms with Gasteiger partial charge < -0.3 is 19.5 Å². The third-order valence-electron chi connectivity index (χ3n) is 4.56. The normalized spacial score (nSPS) is 13.1. The summed E-state index contributed by atoms with van der Waals surface area (Å²) >= 11 is 0. The van der Waals surface area contributed by atoms with Crippen molar-refractivity contribution in [3.63, 3.8) is 0 Å². The topological polar surface area (TPSA) is 43.1 Å². The Morgan fingerprint density at radius 3 is 2.54 bits per heavy atom. The van der Waals surface area contributed by atoms with Crippen molar-refractivity contribution in [3.05, 3.63) is 84.9 Å². The molecule has 0 spiro atoms. The minimum atomic E-state index is -0.533. The first-order valence-electron chi connectivity index (χ1n) is 9.58. The molecular formula is C24H28NO3+. The van der Waals surface area contributed by atoms with Crippen molar-refractivity contribution >= 4 is 10.8 Å². The fourth-order valence-corrected chi connectivity index (χ4v) is 3.25. The lowest BCUT2D eigenvalue weighted by molar-refractivity contribution is -0.897. The summed E-state index contributed by atoms with van der Waals surface area (Å²) in [5, 5.41) is 12.6. The summed E-state index contributed by atoms with van der Waals surface area (Å²) < 4.78 is 11.4. The van der Waals surface area contributed by atoms with E-state index in [1.165, 1.54) is 10.5 Å². The standard InChI is InChI=1S/C24H27NO3/c1-3-15-27-22-13-11-19(12-14-22)16-25(2)17-21(26)18-28-24-10-6-8-20-7-4-5-9-23(20)24/h3-14,21,26H,1,15-18H2,2H3/p+1/t21-/m0/s1. The highest BCUT2D eigenvalue weighted by atomic mass is 16.5. The van der Waals surface area contributed by atoms with E-state index in [2.05, 4.69) is 37.9 Å². The Balaban J connectivity index is 1.48. The number of hydrogen-bond donors (Lipinski definition) is 2. The van der Waals surface area contributed by atoms with Gasteiger partial charge in [0.2, 0.25) is 0 Å². The molecule has 146 valence electrons. The maximum atomic E-state index is 10.4. The van der Waals surface area contributed by atoms with E-state index in [1.54, 1.807) is 6.08 Å². The predicted octanol–water partition coefficient (Wildman–Crippen LogP) is 2.86. The Kier molecular flexibility index (Phi) is 7.06. The van der Waals surface area contributed by atoms with Gasteiger partial charge in [-0.3, -0.25) is 0 Å². The number of hydrogen-bond acceptors (Lipinski definition) is 3. The molecular weight excluding hydrogens is 350 g/mol. The molecule has 3 rings (SSSR count). The number of quaternary nitrogens is 1. The van der Waals surface area contributed by atoms with Gasteiger partial charge in [0.25, 0.3) is 0 Å². The molecule has 0 aliphatic carbocycles. The van der Waals surface area contributed by atoms with Gasteiger partial charge in [0.1, 0.15) is 43.9 Å². The number of nitrogens with one attached hydrogen (secondary N) is 1. The first-order chi connectivity index (χ1) is 13.7. The molecule has 0 saturated heterocycles. The van der Waals surface area contributed by atoms with Crippen molar-refractivity contribution in [2.24, 2.45) is 0 Å². The fourth-order valence-electron chi connectivity index (χ4n) is 3.25. The fraction of sp³-hybridized carbons (Fsp3) is 0.250. The minimum absolute atomic E-state index is 0.277. The summed E-state index contributed by atoms with van der Waals surface area (Å²) in [7, 11) is 2.07. The molecule has 2 atom stereocenters. The van der Waals surface area contributed by atoms with Crippen LogP contribution in [-0.4, -0.2) is 38.0 Å². The van der Waals surface area contributed by atoms with Crippen molar-refractivity contribution in [3.8, 4) is 11.5 Å². The quantitative estimate of drug-likeness (QED) is 0.533. The summed E-state index contributed by atoms with van der Waals surface area (Å²) in [5.74, 6) is 1.65. The molecule has 0 radical (unpaired) electrons. The molecule has 2 N–H and O–H groups in total. The van der Waals surface area contributed by atoms with Gasteiger partial charge in [0.05, 0.1) is 7.05 Å². The average Bonchev–Trinajstić information content (AvgIpc) is 2.71. The molecule has 28 heavy (non-hydrogen) atoms. The monoisotopic (exact) mass is 378 g/mol. The summed E-state index contributed by atoms with van der Waals surface area (Å²) in [6, 6.07) is 22.1.